The first kappa shape index (κ1) is 14.2. The molecule has 0 aliphatic carbocycles. The molecule has 6 nitrogen and oxygen atoms in total. The third kappa shape index (κ3) is 3.64. The highest BCUT2D eigenvalue weighted by atomic mass is 16.6. The molecule has 1 heterocycles. The number of nitro benzene ring substituents is 1. The number of non-ortho nitro benzene ring substituents is 1. The summed E-state index contributed by atoms with van der Waals surface area (Å²) in [5.41, 5.74) is 6.62. The van der Waals surface area contributed by atoms with Crippen molar-refractivity contribution in [2.75, 3.05) is 6.54 Å². The maximum Gasteiger partial charge on any atom is 0.269 e. The number of hydrogen-bond acceptors (Lipinski definition) is 4. The second kappa shape index (κ2) is 6.81. The molecule has 2 rings (SSSR count). The summed E-state index contributed by atoms with van der Waals surface area (Å²) in [6.45, 7) is 1.60. The normalized spacial score (nSPS) is 10.7. The van der Waals surface area contributed by atoms with Crippen molar-refractivity contribution in [3.8, 4) is 0 Å². The third-order valence-electron chi connectivity index (χ3n) is 3.16. The van der Waals surface area contributed by atoms with Gasteiger partial charge in [-0.1, -0.05) is 12.1 Å². The Morgan fingerprint density at radius 3 is 2.65 bits per heavy atom. The number of aromatic nitrogens is 2. The first-order chi connectivity index (χ1) is 9.70. The SMILES string of the molecule is NCCCCn1ccnc1Cc1ccc([N+](=O)[O-])cc1. The number of aryl methyl sites for hydroxylation is 1. The van der Waals surface area contributed by atoms with Crippen molar-refractivity contribution in [1.82, 2.24) is 9.55 Å². The van der Waals surface area contributed by atoms with Crippen LogP contribution in [-0.4, -0.2) is 21.0 Å². The summed E-state index contributed by atoms with van der Waals surface area (Å²) in [5.74, 6) is 0.968. The van der Waals surface area contributed by atoms with E-state index in [0.29, 0.717) is 13.0 Å². The van der Waals surface area contributed by atoms with Gasteiger partial charge < -0.3 is 10.3 Å². The zero-order chi connectivity index (χ0) is 14.4. The molecule has 1 aromatic carbocycles. The average molecular weight is 274 g/mol. The predicted octanol–water partition coefficient (Wildman–Crippen LogP) is 2.12. The molecule has 0 bridgehead atoms. The number of nitrogens with two attached hydrogens (primary N) is 1. The number of hydrogen-bond donors (Lipinski definition) is 1. The first-order valence-electron chi connectivity index (χ1n) is 6.64. The zero-order valence-corrected chi connectivity index (χ0v) is 11.2. The third-order valence-corrected chi connectivity index (χ3v) is 3.16. The predicted molar refractivity (Wildman–Crippen MR) is 76.4 cm³/mol. The van der Waals surface area contributed by atoms with Gasteiger partial charge in [-0.05, 0) is 24.9 Å². The molecule has 0 fully saturated rings. The Labute approximate surface area is 117 Å². The van der Waals surface area contributed by atoms with Gasteiger partial charge in [0, 0.05) is 37.5 Å². The Morgan fingerprint density at radius 2 is 2.00 bits per heavy atom. The van der Waals surface area contributed by atoms with Gasteiger partial charge in [0.1, 0.15) is 5.82 Å². The Balaban J connectivity index is 2.02. The number of nitrogens with zero attached hydrogens (tertiary/aromatic N) is 3. The number of nitro groups is 1. The van der Waals surface area contributed by atoms with Gasteiger partial charge in [0.05, 0.1) is 4.92 Å². The van der Waals surface area contributed by atoms with Crippen molar-refractivity contribution in [3.63, 3.8) is 0 Å². The van der Waals surface area contributed by atoms with E-state index in [1.807, 2.05) is 6.20 Å². The molecule has 0 radical (unpaired) electrons. The molecule has 0 unspecified atom stereocenters. The Kier molecular flexibility index (Phi) is 4.84. The molecule has 106 valence electrons. The van der Waals surface area contributed by atoms with E-state index in [9.17, 15) is 10.1 Å². The minimum absolute atomic E-state index is 0.111. The molecule has 0 saturated heterocycles. The number of benzene rings is 1. The van der Waals surface area contributed by atoms with Crippen molar-refractivity contribution in [1.29, 1.82) is 0 Å². The highest BCUT2D eigenvalue weighted by Crippen LogP contribution is 2.14. The highest BCUT2D eigenvalue weighted by molar-refractivity contribution is 5.34. The van der Waals surface area contributed by atoms with Crippen LogP contribution >= 0.6 is 0 Å². The summed E-state index contributed by atoms with van der Waals surface area (Å²) in [6, 6.07) is 6.60. The van der Waals surface area contributed by atoms with Crippen LogP contribution in [0.5, 0.6) is 0 Å². The van der Waals surface area contributed by atoms with Crippen LogP contribution < -0.4 is 5.73 Å². The number of imidazole rings is 1. The van der Waals surface area contributed by atoms with E-state index in [2.05, 4.69) is 9.55 Å². The lowest BCUT2D eigenvalue weighted by Gasteiger charge is -2.07. The smallest absolute Gasteiger partial charge is 0.269 e. The summed E-state index contributed by atoms with van der Waals surface area (Å²) in [4.78, 5) is 14.6. The van der Waals surface area contributed by atoms with Crippen LogP contribution in [0.15, 0.2) is 36.7 Å². The van der Waals surface area contributed by atoms with Crippen molar-refractivity contribution in [2.45, 2.75) is 25.8 Å². The molecule has 6 heteroatoms. The fraction of sp³-hybridized carbons (Fsp3) is 0.357. The van der Waals surface area contributed by atoms with E-state index >= 15 is 0 Å². The Bertz CT molecular complexity index is 563. The maximum atomic E-state index is 10.6. The molecular formula is C14H18N4O2. The van der Waals surface area contributed by atoms with Gasteiger partial charge >= 0.3 is 0 Å². The van der Waals surface area contributed by atoms with Gasteiger partial charge in [-0.2, -0.15) is 0 Å². The van der Waals surface area contributed by atoms with E-state index in [1.165, 1.54) is 12.1 Å². The standard InChI is InChI=1S/C14H18N4O2/c15-7-1-2-9-17-10-8-16-14(17)11-12-3-5-13(6-4-12)18(19)20/h3-6,8,10H,1-2,7,9,11,15H2. The van der Waals surface area contributed by atoms with Crippen molar-refractivity contribution >= 4 is 5.69 Å². The molecule has 0 aliphatic heterocycles. The molecule has 2 N–H and O–H groups in total. The summed E-state index contributed by atoms with van der Waals surface area (Å²) in [7, 11) is 0. The topological polar surface area (TPSA) is 87.0 Å². The van der Waals surface area contributed by atoms with E-state index < -0.39 is 4.92 Å². The van der Waals surface area contributed by atoms with Crippen LogP contribution in [0.1, 0.15) is 24.2 Å². The monoisotopic (exact) mass is 274 g/mol. The van der Waals surface area contributed by atoms with E-state index in [1.54, 1.807) is 18.3 Å². The second-order valence-electron chi connectivity index (χ2n) is 4.63. The summed E-state index contributed by atoms with van der Waals surface area (Å²) < 4.78 is 2.11. The van der Waals surface area contributed by atoms with Crippen LogP contribution in [-0.2, 0) is 13.0 Å². The van der Waals surface area contributed by atoms with Gasteiger partial charge in [-0.25, -0.2) is 4.98 Å². The van der Waals surface area contributed by atoms with Crippen molar-refractivity contribution < 1.29 is 4.92 Å². The van der Waals surface area contributed by atoms with Gasteiger partial charge in [-0.3, -0.25) is 10.1 Å². The van der Waals surface area contributed by atoms with Gasteiger partial charge in [-0.15, -0.1) is 0 Å². The molecule has 0 amide bonds. The van der Waals surface area contributed by atoms with E-state index in [4.69, 9.17) is 5.73 Å². The minimum Gasteiger partial charge on any atom is -0.335 e. The van der Waals surface area contributed by atoms with Crippen LogP contribution in [0, 0.1) is 10.1 Å². The molecule has 20 heavy (non-hydrogen) atoms. The van der Waals surface area contributed by atoms with E-state index in [0.717, 1.165) is 30.8 Å². The lowest BCUT2D eigenvalue weighted by atomic mass is 10.1. The molecule has 2 aromatic rings. The minimum atomic E-state index is -0.391. The van der Waals surface area contributed by atoms with Crippen LogP contribution in [0.2, 0.25) is 0 Å². The van der Waals surface area contributed by atoms with Gasteiger partial charge in [0.2, 0.25) is 0 Å². The van der Waals surface area contributed by atoms with Crippen molar-refractivity contribution in [3.05, 3.63) is 58.2 Å². The van der Waals surface area contributed by atoms with Gasteiger partial charge in [0.15, 0.2) is 0 Å². The average Bonchev–Trinajstić information content (AvgIpc) is 2.87. The lowest BCUT2D eigenvalue weighted by molar-refractivity contribution is -0.384. The van der Waals surface area contributed by atoms with Crippen molar-refractivity contribution in [2.24, 2.45) is 5.73 Å². The maximum absolute atomic E-state index is 10.6. The quantitative estimate of drug-likeness (QED) is 0.476. The van der Waals surface area contributed by atoms with E-state index in [-0.39, 0.29) is 5.69 Å². The molecular weight excluding hydrogens is 256 g/mol. The highest BCUT2D eigenvalue weighted by Gasteiger charge is 2.07. The van der Waals surface area contributed by atoms with Crippen LogP contribution in [0.3, 0.4) is 0 Å². The molecule has 0 atom stereocenters. The second-order valence-corrected chi connectivity index (χ2v) is 4.63. The summed E-state index contributed by atoms with van der Waals surface area (Å²) >= 11 is 0. The summed E-state index contributed by atoms with van der Waals surface area (Å²) in [5, 5.41) is 10.6. The zero-order valence-electron chi connectivity index (χ0n) is 11.2. The Hall–Kier alpha value is -2.21. The van der Waals surface area contributed by atoms with Crippen LogP contribution in [0.25, 0.3) is 0 Å². The number of unbranched alkanes of at least 4 members (excludes halogenated alkanes) is 1. The molecule has 0 spiro atoms. The fourth-order valence-electron chi connectivity index (χ4n) is 2.06. The first-order valence-corrected chi connectivity index (χ1v) is 6.64. The Morgan fingerprint density at radius 1 is 1.25 bits per heavy atom. The molecule has 1 aromatic heterocycles. The van der Waals surface area contributed by atoms with Gasteiger partial charge in [0.25, 0.3) is 5.69 Å². The largest absolute Gasteiger partial charge is 0.335 e. The lowest BCUT2D eigenvalue weighted by Crippen LogP contribution is -2.06. The summed E-state index contributed by atoms with van der Waals surface area (Å²) in [6.07, 6.45) is 6.43. The number of rotatable bonds is 7. The van der Waals surface area contributed by atoms with Crippen LogP contribution in [0.4, 0.5) is 5.69 Å². The molecule has 0 saturated carbocycles. The molecule has 0 aliphatic rings. The fourth-order valence-corrected chi connectivity index (χ4v) is 2.06.